The number of ketones is 1. The molecule has 26 heavy (non-hydrogen) atoms. The van der Waals surface area contributed by atoms with Gasteiger partial charge >= 0.3 is 0 Å². The van der Waals surface area contributed by atoms with Crippen LogP contribution >= 0.6 is 0 Å². The fourth-order valence-corrected chi connectivity index (χ4v) is 3.65. The van der Waals surface area contributed by atoms with Gasteiger partial charge in [0.25, 0.3) is 5.82 Å². The van der Waals surface area contributed by atoms with Crippen LogP contribution in [-0.4, -0.2) is 10.4 Å². The van der Waals surface area contributed by atoms with E-state index < -0.39 is 0 Å². The Morgan fingerprint density at radius 1 is 1.08 bits per heavy atom. The minimum atomic E-state index is 0. The van der Waals surface area contributed by atoms with Crippen LogP contribution in [0.1, 0.15) is 33.7 Å². The SMILES string of the molecule is Cc1ccc(C(=O)C[n+]2cc(-c3ccccc3)n3c2CCC3)cc1C.[Br-]. The quantitative estimate of drug-likeness (QED) is 0.463. The fraction of sp³-hybridized carbons (Fsp3) is 0.273. The molecule has 0 N–H and O–H groups in total. The molecule has 0 bridgehead atoms. The first kappa shape index (κ1) is 18.6. The van der Waals surface area contributed by atoms with Gasteiger partial charge in [0.1, 0.15) is 6.20 Å². The van der Waals surface area contributed by atoms with E-state index in [1.807, 2.05) is 24.3 Å². The smallest absolute Gasteiger partial charge is 0.257 e. The molecule has 1 aliphatic rings. The van der Waals surface area contributed by atoms with E-state index in [-0.39, 0.29) is 22.8 Å². The summed E-state index contributed by atoms with van der Waals surface area (Å²) < 4.78 is 4.51. The molecule has 0 fully saturated rings. The number of fused-ring (bicyclic) bond motifs is 1. The molecule has 0 amide bonds. The van der Waals surface area contributed by atoms with Crippen LogP contribution in [0.3, 0.4) is 0 Å². The zero-order chi connectivity index (χ0) is 17.4. The van der Waals surface area contributed by atoms with Crippen LogP contribution in [0.15, 0.2) is 54.7 Å². The second-order valence-corrected chi connectivity index (χ2v) is 6.90. The highest BCUT2D eigenvalue weighted by molar-refractivity contribution is 5.95. The van der Waals surface area contributed by atoms with E-state index in [9.17, 15) is 4.79 Å². The third kappa shape index (κ3) is 3.38. The first-order valence-corrected chi connectivity index (χ1v) is 8.91. The highest BCUT2D eigenvalue weighted by Gasteiger charge is 2.29. The number of carbonyl (C=O) groups is 1. The van der Waals surface area contributed by atoms with Crippen LogP contribution in [0.2, 0.25) is 0 Å². The van der Waals surface area contributed by atoms with Gasteiger partial charge in [0.15, 0.2) is 12.2 Å². The number of hydrogen-bond acceptors (Lipinski definition) is 1. The predicted molar refractivity (Wildman–Crippen MR) is 98.6 cm³/mol. The second kappa shape index (κ2) is 7.58. The number of aromatic nitrogens is 2. The lowest BCUT2D eigenvalue weighted by Crippen LogP contribution is -3.00. The number of rotatable bonds is 4. The van der Waals surface area contributed by atoms with Gasteiger partial charge in [-0.3, -0.25) is 4.79 Å². The standard InChI is InChI=1S/C22H23N2O.BrH/c1-16-10-11-19(13-17(16)2)21(25)15-23-14-20(18-7-4-3-5-8-18)24-12-6-9-22(23)24;/h3-5,7-8,10-11,13-14H,6,9,12,15H2,1-2H3;1H/q+1;/p-1. The maximum absolute atomic E-state index is 12.8. The van der Waals surface area contributed by atoms with Crippen LogP contribution in [-0.2, 0) is 19.5 Å². The maximum Gasteiger partial charge on any atom is 0.257 e. The molecule has 4 rings (SSSR count). The summed E-state index contributed by atoms with van der Waals surface area (Å²) in [6.07, 6.45) is 4.32. The van der Waals surface area contributed by atoms with Gasteiger partial charge in [-0.1, -0.05) is 42.5 Å². The van der Waals surface area contributed by atoms with E-state index in [4.69, 9.17) is 0 Å². The molecule has 0 aliphatic carbocycles. The molecule has 0 atom stereocenters. The van der Waals surface area contributed by atoms with Crippen molar-refractivity contribution in [2.75, 3.05) is 0 Å². The van der Waals surface area contributed by atoms with Crippen molar-refractivity contribution >= 4 is 5.78 Å². The van der Waals surface area contributed by atoms with E-state index in [0.717, 1.165) is 24.9 Å². The van der Waals surface area contributed by atoms with Crippen molar-refractivity contribution < 1.29 is 26.3 Å². The molecule has 2 aromatic carbocycles. The molecule has 3 nitrogen and oxygen atoms in total. The Labute approximate surface area is 165 Å². The highest BCUT2D eigenvalue weighted by atomic mass is 79.9. The second-order valence-electron chi connectivity index (χ2n) is 6.90. The molecular formula is C22H23BrN2O. The first-order chi connectivity index (χ1) is 12.1. The number of hydrogen-bond donors (Lipinski definition) is 0. The molecule has 2 heterocycles. The Hall–Kier alpha value is -2.20. The molecular weight excluding hydrogens is 388 g/mol. The Balaban J connectivity index is 0.00000196. The van der Waals surface area contributed by atoms with Crippen LogP contribution < -0.4 is 21.5 Å². The summed E-state index contributed by atoms with van der Waals surface area (Å²) in [6, 6.07) is 16.4. The highest BCUT2D eigenvalue weighted by Crippen LogP contribution is 2.24. The third-order valence-corrected chi connectivity index (χ3v) is 5.21. The molecule has 1 aromatic heterocycles. The monoisotopic (exact) mass is 410 g/mol. The van der Waals surface area contributed by atoms with Gasteiger partial charge in [-0.05, 0) is 37.5 Å². The van der Waals surface area contributed by atoms with Gasteiger partial charge < -0.3 is 17.0 Å². The largest absolute Gasteiger partial charge is 1.00 e. The summed E-state index contributed by atoms with van der Waals surface area (Å²) in [4.78, 5) is 12.8. The number of Topliss-reactive ketones (excluding diaryl/α,β-unsaturated/α-hetero) is 1. The lowest BCUT2D eigenvalue weighted by molar-refractivity contribution is -0.689. The Kier molecular flexibility index (Phi) is 5.42. The number of nitrogens with zero attached hydrogens (tertiary/aromatic N) is 2. The van der Waals surface area contributed by atoms with Gasteiger partial charge in [0.05, 0.1) is 13.0 Å². The van der Waals surface area contributed by atoms with Crippen LogP contribution in [0.5, 0.6) is 0 Å². The van der Waals surface area contributed by atoms with E-state index in [0.29, 0.717) is 6.54 Å². The third-order valence-electron chi connectivity index (χ3n) is 5.21. The molecule has 0 saturated heterocycles. The lowest BCUT2D eigenvalue weighted by atomic mass is 10.0. The van der Waals surface area contributed by atoms with Gasteiger partial charge in [0, 0.05) is 11.1 Å². The average Bonchev–Trinajstić information content (AvgIpc) is 3.22. The number of carbonyl (C=O) groups excluding carboxylic acids is 1. The zero-order valence-corrected chi connectivity index (χ0v) is 16.8. The minimum Gasteiger partial charge on any atom is -1.00 e. The van der Waals surface area contributed by atoms with Gasteiger partial charge in [-0.15, -0.1) is 0 Å². The van der Waals surface area contributed by atoms with E-state index in [1.165, 1.54) is 28.2 Å². The van der Waals surface area contributed by atoms with Crippen molar-refractivity contribution in [3.8, 4) is 11.3 Å². The van der Waals surface area contributed by atoms with Crippen molar-refractivity contribution in [1.82, 2.24) is 4.57 Å². The van der Waals surface area contributed by atoms with Gasteiger partial charge in [-0.25, -0.2) is 9.13 Å². The zero-order valence-electron chi connectivity index (χ0n) is 15.2. The van der Waals surface area contributed by atoms with Crippen LogP contribution in [0.4, 0.5) is 0 Å². The predicted octanol–water partition coefficient (Wildman–Crippen LogP) is 0.893. The maximum atomic E-state index is 12.8. The Morgan fingerprint density at radius 3 is 2.58 bits per heavy atom. The number of halogens is 1. The normalized spacial score (nSPS) is 12.5. The topological polar surface area (TPSA) is 25.9 Å². The Bertz CT molecular complexity index is 944. The first-order valence-electron chi connectivity index (χ1n) is 8.91. The molecule has 0 spiro atoms. The Morgan fingerprint density at radius 2 is 1.85 bits per heavy atom. The summed E-state index contributed by atoms with van der Waals surface area (Å²) in [5.41, 5.74) is 5.61. The summed E-state index contributed by atoms with van der Waals surface area (Å²) in [6.45, 7) is 5.57. The molecule has 134 valence electrons. The lowest BCUT2D eigenvalue weighted by Gasteiger charge is -2.04. The van der Waals surface area contributed by atoms with Gasteiger partial charge in [-0.2, -0.15) is 0 Å². The molecule has 1 aliphatic heterocycles. The summed E-state index contributed by atoms with van der Waals surface area (Å²) in [5.74, 6) is 1.43. The molecule has 4 heteroatoms. The number of benzene rings is 2. The fourth-order valence-electron chi connectivity index (χ4n) is 3.65. The van der Waals surface area contributed by atoms with Crippen molar-refractivity contribution in [3.05, 3.63) is 77.2 Å². The average molecular weight is 411 g/mol. The molecule has 0 unspecified atom stereocenters. The summed E-state index contributed by atoms with van der Waals surface area (Å²) in [5, 5.41) is 0. The van der Waals surface area contributed by atoms with Crippen molar-refractivity contribution in [2.24, 2.45) is 0 Å². The molecule has 3 aromatic rings. The van der Waals surface area contributed by atoms with Crippen molar-refractivity contribution in [2.45, 2.75) is 39.8 Å². The van der Waals surface area contributed by atoms with E-state index >= 15 is 0 Å². The van der Waals surface area contributed by atoms with Crippen molar-refractivity contribution in [3.63, 3.8) is 0 Å². The number of imidazole rings is 1. The van der Waals surface area contributed by atoms with Gasteiger partial charge in [0.2, 0.25) is 5.78 Å². The van der Waals surface area contributed by atoms with Crippen LogP contribution in [0.25, 0.3) is 11.3 Å². The summed E-state index contributed by atoms with van der Waals surface area (Å²) >= 11 is 0. The molecule has 0 saturated carbocycles. The molecule has 0 radical (unpaired) electrons. The minimum absolute atomic E-state index is 0. The van der Waals surface area contributed by atoms with Crippen molar-refractivity contribution in [1.29, 1.82) is 0 Å². The number of aryl methyl sites for hydroxylation is 2. The van der Waals surface area contributed by atoms with E-state index in [1.54, 1.807) is 0 Å². The summed E-state index contributed by atoms with van der Waals surface area (Å²) in [7, 11) is 0. The van der Waals surface area contributed by atoms with E-state index in [2.05, 4.69) is 53.4 Å². The van der Waals surface area contributed by atoms with Crippen LogP contribution in [0, 0.1) is 13.8 Å².